The molecule has 1 aliphatic heterocycles. The van der Waals surface area contributed by atoms with E-state index in [4.69, 9.17) is 9.47 Å². The molecule has 1 fully saturated rings. The molecule has 23 heavy (non-hydrogen) atoms. The van der Waals surface area contributed by atoms with E-state index in [1.807, 2.05) is 48.5 Å². The molecule has 1 heterocycles. The molecule has 0 N–H and O–H groups in total. The van der Waals surface area contributed by atoms with E-state index in [2.05, 4.69) is 6.58 Å². The van der Waals surface area contributed by atoms with Gasteiger partial charge in [-0.15, -0.1) is 0 Å². The fourth-order valence-corrected chi connectivity index (χ4v) is 3.33. The Balaban J connectivity index is 2.99. The number of nitrogens with zero attached hydrogens (tertiary/aromatic N) is 1. The Labute approximate surface area is 140 Å². The lowest BCUT2D eigenvalue weighted by molar-refractivity contribution is -0.154. The summed E-state index contributed by atoms with van der Waals surface area (Å²) in [6.07, 6.45) is 0.545. The quantitative estimate of drug-likeness (QED) is 0.567. The standard InChI is InChI=1S/C18H31NO4/c1-12(2)14(20)22-13-10-17(6,7)19(18(8,9)11-13)15(21)23-16(3,4)5/h13H,1,10-11H2,2-9H3. The molecule has 1 amide bonds. The van der Waals surface area contributed by atoms with Crippen LogP contribution in [0.25, 0.3) is 0 Å². The number of likely N-dealkylation sites (tertiary alicyclic amines) is 1. The molecular formula is C18H31NO4. The van der Waals surface area contributed by atoms with Crippen LogP contribution in [-0.4, -0.2) is 39.7 Å². The van der Waals surface area contributed by atoms with Crippen molar-refractivity contribution in [1.82, 2.24) is 4.90 Å². The van der Waals surface area contributed by atoms with E-state index in [1.54, 1.807) is 11.8 Å². The molecule has 5 nitrogen and oxygen atoms in total. The number of piperidine rings is 1. The number of hydrogen-bond donors (Lipinski definition) is 0. The summed E-state index contributed by atoms with van der Waals surface area (Å²) in [4.78, 5) is 26.2. The van der Waals surface area contributed by atoms with E-state index in [0.717, 1.165) is 0 Å². The van der Waals surface area contributed by atoms with Gasteiger partial charge in [0.05, 0.1) is 0 Å². The van der Waals surface area contributed by atoms with Crippen molar-refractivity contribution < 1.29 is 19.1 Å². The van der Waals surface area contributed by atoms with Gasteiger partial charge in [0.2, 0.25) is 0 Å². The minimum atomic E-state index is -0.549. The third-order valence-electron chi connectivity index (χ3n) is 3.86. The van der Waals surface area contributed by atoms with Crippen molar-refractivity contribution in [3.8, 4) is 0 Å². The van der Waals surface area contributed by atoms with Gasteiger partial charge in [-0.05, 0) is 55.4 Å². The van der Waals surface area contributed by atoms with Gasteiger partial charge in [0, 0.05) is 29.5 Å². The predicted octanol–water partition coefficient (Wildman–Crippen LogP) is 4.06. The fraction of sp³-hybridized carbons (Fsp3) is 0.778. The maximum absolute atomic E-state index is 12.7. The van der Waals surface area contributed by atoms with Crippen LogP contribution in [0.4, 0.5) is 4.79 Å². The van der Waals surface area contributed by atoms with Gasteiger partial charge in [0.1, 0.15) is 11.7 Å². The number of rotatable bonds is 2. The highest BCUT2D eigenvalue weighted by Gasteiger charge is 2.50. The van der Waals surface area contributed by atoms with Gasteiger partial charge < -0.3 is 9.47 Å². The van der Waals surface area contributed by atoms with E-state index >= 15 is 0 Å². The Morgan fingerprint density at radius 2 is 1.52 bits per heavy atom. The molecule has 1 rings (SSSR count). The average Bonchev–Trinajstić information content (AvgIpc) is 2.21. The number of ether oxygens (including phenoxy) is 2. The largest absolute Gasteiger partial charge is 0.459 e. The minimum absolute atomic E-state index is 0.247. The highest BCUT2D eigenvalue weighted by Crippen LogP contribution is 2.40. The van der Waals surface area contributed by atoms with Crippen molar-refractivity contribution in [1.29, 1.82) is 0 Å². The topological polar surface area (TPSA) is 55.8 Å². The maximum atomic E-state index is 12.7. The first kappa shape index (κ1) is 19.5. The summed E-state index contributed by atoms with van der Waals surface area (Å²) in [6, 6.07) is 0. The molecule has 0 aliphatic carbocycles. The number of esters is 1. The molecule has 0 atom stereocenters. The lowest BCUT2D eigenvalue weighted by Gasteiger charge is -2.54. The summed E-state index contributed by atoms with van der Waals surface area (Å²) in [5.41, 5.74) is -1.13. The normalized spacial score (nSPS) is 20.8. The van der Waals surface area contributed by atoms with Crippen molar-refractivity contribution in [3.63, 3.8) is 0 Å². The van der Waals surface area contributed by atoms with Gasteiger partial charge in [-0.2, -0.15) is 0 Å². The average molecular weight is 325 g/mol. The molecule has 0 unspecified atom stereocenters. The van der Waals surface area contributed by atoms with Crippen LogP contribution < -0.4 is 0 Å². The minimum Gasteiger partial charge on any atom is -0.459 e. The second-order valence-electron chi connectivity index (χ2n) is 8.66. The smallest absolute Gasteiger partial charge is 0.411 e. The van der Waals surface area contributed by atoms with Crippen LogP contribution in [0.1, 0.15) is 68.2 Å². The number of hydrogen-bond acceptors (Lipinski definition) is 4. The zero-order chi connectivity index (χ0) is 18.2. The van der Waals surface area contributed by atoms with Gasteiger partial charge in [0.25, 0.3) is 0 Å². The summed E-state index contributed by atoms with van der Waals surface area (Å²) in [5, 5.41) is 0. The second-order valence-corrected chi connectivity index (χ2v) is 8.66. The summed E-state index contributed by atoms with van der Waals surface area (Å²) in [5.74, 6) is -0.382. The fourth-order valence-electron chi connectivity index (χ4n) is 3.33. The lowest BCUT2D eigenvalue weighted by Crippen LogP contribution is -2.65. The third kappa shape index (κ3) is 4.98. The van der Waals surface area contributed by atoms with Crippen LogP contribution in [0.15, 0.2) is 12.2 Å². The van der Waals surface area contributed by atoms with Gasteiger partial charge in [-0.3, -0.25) is 4.90 Å². The molecule has 0 aromatic rings. The van der Waals surface area contributed by atoms with Crippen molar-refractivity contribution in [2.45, 2.75) is 91.0 Å². The zero-order valence-electron chi connectivity index (χ0n) is 15.8. The number of amides is 1. The van der Waals surface area contributed by atoms with Gasteiger partial charge in [-0.25, -0.2) is 9.59 Å². The molecule has 5 heteroatoms. The lowest BCUT2D eigenvalue weighted by atomic mass is 9.78. The molecule has 0 radical (unpaired) electrons. The van der Waals surface area contributed by atoms with Crippen LogP contribution in [-0.2, 0) is 14.3 Å². The highest BCUT2D eigenvalue weighted by atomic mass is 16.6. The van der Waals surface area contributed by atoms with Crippen LogP contribution in [0.5, 0.6) is 0 Å². The van der Waals surface area contributed by atoms with E-state index in [9.17, 15) is 9.59 Å². The van der Waals surface area contributed by atoms with Crippen LogP contribution in [0, 0.1) is 0 Å². The van der Waals surface area contributed by atoms with E-state index in [-0.39, 0.29) is 18.2 Å². The Hall–Kier alpha value is -1.52. The van der Waals surface area contributed by atoms with Gasteiger partial charge in [0.15, 0.2) is 0 Å². The Morgan fingerprint density at radius 1 is 1.09 bits per heavy atom. The molecule has 0 bridgehead atoms. The van der Waals surface area contributed by atoms with Gasteiger partial charge in [-0.1, -0.05) is 6.58 Å². The molecule has 0 aromatic heterocycles. The first-order chi connectivity index (χ1) is 10.2. The first-order valence-corrected chi connectivity index (χ1v) is 8.05. The zero-order valence-corrected chi connectivity index (χ0v) is 15.8. The van der Waals surface area contributed by atoms with Crippen LogP contribution in [0.2, 0.25) is 0 Å². The first-order valence-electron chi connectivity index (χ1n) is 8.05. The molecule has 132 valence electrons. The monoisotopic (exact) mass is 325 g/mol. The van der Waals surface area contributed by atoms with Gasteiger partial charge >= 0.3 is 12.1 Å². The summed E-state index contributed by atoms with van der Waals surface area (Å²) < 4.78 is 11.1. The number of carbonyl (C=O) groups excluding carboxylic acids is 2. The maximum Gasteiger partial charge on any atom is 0.411 e. The van der Waals surface area contributed by atoms with Crippen LogP contribution in [0.3, 0.4) is 0 Å². The van der Waals surface area contributed by atoms with Crippen molar-refractivity contribution >= 4 is 12.1 Å². The highest BCUT2D eigenvalue weighted by molar-refractivity contribution is 5.87. The predicted molar refractivity (Wildman–Crippen MR) is 90.2 cm³/mol. The summed E-state index contributed by atoms with van der Waals surface area (Å²) in [6.45, 7) is 18.7. The van der Waals surface area contributed by atoms with E-state index in [1.165, 1.54) is 0 Å². The second kappa shape index (κ2) is 6.17. The summed E-state index contributed by atoms with van der Waals surface area (Å²) in [7, 11) is 0. The van der Waals surface area contributed by atoms with Crippen LogP contribution >= 0.6 is 0 Å². The Morgan fingerprint density at radius 3 is 1.87 bits per heavy atom. The molecule has 1 saturated heterocycles. The van der Waals surface area contributed by atoms with E-state index in [0.29, 0.717) is 18.4 Å². The third-order valence-corrected chi connectivity index (χ3v) is 3.86. The number of carbonyl (C=O) groups is 2. The van der Waals surface area contributed by atoms with Crippen molar-refractivity contribution in [2.24, 2.45) is 0 Å². The molecule has 1 aliphatic rings. The van der Waals surface area contributed by atoms with Crippen molar-refractivity contribution in [2.75, 3.05) is 0 Å². The van der Waals surface area contributed by atoms with Crippen molar-refractivity contribution in [3.05, 3.63) is 12.2 Å². The molecule has 0 spiro atoms. The molecule has 0 saturated carbocycles. The Kier molecular flexibility index (Phi) is 5.24. The molecular weight excluding hydrogens is 294 g/mol. The molecule has 0 aromatic carbocycles. The summed E-state index contributed by atoms with van der Waals surface area (Å²) >= 11 is 0. The Bertz CT molecular complexity index is 482. The SMILES string of the molecule is C=C(C)C(=O)OC1CC(C)(C)N(C(=O)OC(C)(C)C)C(C)(C)C1. The van der Waals surface area contributed by atoms with E-state index < -0.39 is 16.7 Å².